The second-order valence-corrected chi connectivity index (χ2v) is 4.89. The zero-order valence-electron chi connectivity index (χ0n) is 12.0. The number of nitrogens with one attached hydrogen (secondary N) is 1. The molecule has 1 aliphatic heterocycles. The van der Waals surface area contributed by atoms with Crippen molar-refractivity contribution >= 4 is 5.91 Å². The summed E-state index contributed by atoms with van der Waals surface area (Å²) >= 11 is 0. The first-order valence-corrected chi connectivity index (χ1v) is 7.06. The van der Waals surface area contributed by atoms with Crippen molar-refractivity contribution in [3.63, 3.8) is 0 Å². The minimum absolute atomic E-state index is 0.00984. The second kappa shape index (κ2) is 7.83. The molecule has 1 fully saturated rings. The number of carbonyl (C=O) groups is 1. The van der Waals surface area contributed by atoms with Crippen LogP contribution in [-0.2, 0) is 9.53 Å². The molecule has 1 N–H and O–H groups in total. The van der Waals surface area contributed by atoms with E-state index in [0.29, 0.717) is 26.3 Å². The van der Waals surface area contributed by atoms with Crippen molar-refractivity contribution in [3.8, 4) is 0 Å². The molecule has 0 bridgehead atoms. The van der Waals surface area contributed by atoms with Crippen LogP contribution in [0.15, 0.2) is 0 Å². The highest BCUT2D eigenvalue weighted by atomic mass is 19.4. The van der Waals surface area contributed by atoms with Crippen molar-refractivity contribution in [1.29, 1.82) is 0 Å². The van der Waals surface area contributed by atoms with Gasteiger partial charge in [0.05, 0.1) is 18.6 Å². The van der Waals surface area contributed by atoms with Crippen LogP contribution in [0.25, 0.3) is 0 Å². The van der Waals surface area contributed by atoms with E-state index in [-0.39, 0.29) is 25.3 Å². The molecule has 0 radical (unpaired) electrons. The highest BCUT2D eigenvalue weighted by Crippen LogP contribution is 2.32. The number of hydrogen-bond donors (Lipinski definition) is 1. The molecule has 7 heteroatoms. The number of hydrogen-bond acceptors (Lipinski definition) is 3. The quantitative estimate of drug-likeness (QED) is 0.760. The van der Waals surface area contributed by atoms with Crippen LogP contribution >= 0.6 is 0 Å². The molecule has 0 saturated carbocycles. The summed E-state index contributed by atoms with van der Waals surface area (Å²) < 4.78 is 42.8. The maximum absolute atomic E-state index is 12.5. The zero-order chi connectivity index (χ0) is 15.2. The summed E-state index contributed by atoms with van der Waals surface area (Å²) in [6, 6.07) is -0.504. The Hall–Kier alpha value is -0.820. The standard InChI is InChI=1S/C13H23F3N2O2/c1-3-18(7-8-20-4-2)12(19)11-6-5-10(9-17-11)13(14,15)16/h10-11,17H,3-9H2,1-2H3. The van der Waals surface area contributed by atoms with E-state index in [1.54, 1.807) is 4.90 Å². The van der Waals surface area contributed by atoms with E-state index in [2.05, 4.69) is 5.32 Å². The van der Waals surface area contributed by atoms with Crippen LogP contribution in [-0.4, -0.2) is 55.9 Å². The SMILES string of the molecule is CCOCCN(CC)C(=O)C1CCC(C(F)(F)F)CN1. The van der Waals surface area contributed by atoms with Crippen molar-refractivity contribution in [2.45, 2.75) is 38.9 Å². The average Bonchev–Trinajstić information content (AvgIpc) is 2.42. The molecule has 20 heavy (non-hydrogen) atoms. The van der Waals surface area contributed by atoms with E-state index in [9.17, 15) is 18.0 Å². The molecule has 2 atom stereocenters. The Morgan fingerprint density at radius 2 is 2.05 bits per heavy atom. The lowest BCUT2D eigenvalue weighted by molar-refractivity contribution is -0.180. The van der Waals surface area contributed by atoms with E-state index in [1.165, 1.54) is 0 Å². The maximum atomic E-state index is 12.5. The van der Waals surface area contributed by atoms with Crippen molar-refractivity contribution < 1.29 is 22.7 Å². The molecule has 0 aromatic carbocycles. The van der Waals surface area contributed by atoms with Crippen molar-refractivity contribution in [2.24, 2.45) is 5.92 Å². The fraction of sp³-hybridized carbons (Fsp3) is 0.923. The molecule has 0 aromatic rings. The smallest absolute Gasteiger partial charge is 0.380 e. The fourth-order valence-electron chi connectivity index (χ4n) is 2.31. The van der Waals surface area contributed by atoms with Crippen LogP contribution < -0.4 is 5.32 Å². The zero-order valence-corrected chi connectivity index (χ0v) is 12.0. The third-order valence-corrected chi connectivity index (χ3v) is 3.58. The number of amides is 1. The number of carbonyl (C=O) groups excluding carboxylic acids is 1. The van der Waals surface area contributed by atoms with Gasteiger partial charge in [-0.1, -0.05) is 0 Å². The van der Waals surface area contributed by atoms with Crippen LogP contribution in [0.2, 0.25) is 0 Å². The Labute approximate surface area is 117 Å². The van der Waals surface area contributed by atoms with Crippen LogP contribution in [0.3, 0.4) is 0 Å². The van der Waals surface area contributed by atoms with E-state index >= 15 is 0 Å². The predicted molar refractivity (Wildman–Crippen MR) is 69.3 cm³/mol. The molecule has 2 unspecified atom stereocenters. The van der Waals surface area contributed by atoms with E-state index in [1.807, 2.05) is 13.8 Å². The highest BCUT2D eigenvalue weighted by molar-refractivity contribution is 5.82. The fourth-order valence-corrected chi connectivity index (χ4v) is 2.31. The highest BCUT2D eigenvalue weighted by Gasteiger charge is 2.42. The van der Waals surface area contributed by atoms with Gasteiger partial charge in [0.1, 0.15) is 0 Å². The molecule has 0 spiro atoms. The summed E-state index contributed by atoms with van der Waals surface area (Å²) in [5, 5.41) is 2.73. The number of nitrogens with zero attached hydrogens (tertiary/aromatic N) is 1. The molecule has 4 nitrogen and oxygen atoms in total. The lowest BCUT2D eigenvalue weighted by atomic mass is 9.93. The van der Waals surface area contributed by atoms with Crippen LogP contribution in [0.1, 0.15) is 26.7 Å². The molecule has 1 rings (SSSR count). The van der Waals surface area contributed by atoms with Gasteiger partial charge in [-0.15, -0.1) is 0 Å². The van der Waals surface area contributed by atoms with Gasteiger partial charge in [0, 0.05) is 26.2 Å². The first-order chi connectivity index (χ1) is 9.40. The molecule has 0 aliphatic carbocycles. The predicted octanol–water partition coefficient (Wildman–Crippen LogP) is 1.80. The van der Waals surface area contributed by atoms with Gasteiger partial charge in [-0.05, 0) is 26.7 Å². The minimum atomic E-state index is -4.18. The monoisotopic (exact) mass is 296 g/mol. The van der Waals surface area contributed by atoms with Gasteiger partial charge < -0.3 is 15.0 Å². The number of alkyl halides is 3. The van der Waals surface area contributed by atoms with E-state index in [0.717, 1.165) is 0 Å². The molecule has 1 aliphatic rings. The largest absolute Gasteiger partial charge is 0.393 e. The number of ether oxygens (including phenoxy) is 1. The van der Waals surface area contributed by atoms with Gasteiger partial charge in [-0.3, -0.25) is 4.79 Å². The summed E-state index contributed by atoms with van der Waals surface area (Å²) in [4.78, 5) is 13.8. The van der Waals surface area contributed by atoms with Gasteiger partial charge in [0.2, 0.25) is 5.91 Å². The van der Waals surface area contributed by atoms with Crippen molar-refractivity contribution in [2.75, 3.05) is 32.8 Å². The Kier molecular flexibility index (Phi) is 6.75. The third kappa shape index (κ3) is 4.94. The summed E-state index contributed by atoms with van der Waals surface area (Å²) in [6.07, 6.45) is -3.94. The molecular formula is C13H23F3N2O2. The summed E-state index contributed by atoms with van der Waals surface area (Å²) in [7, 11) is 0. The van der Waals surface area contributed by atoms with Gasteiger partial charge in [-0.2, -0.15) is 13.2 Å². The lowest BCUT2D eigenvalue weighted by Crippen LogP contribution is -2.52. The second-order valence-electron chi connectivity index (χ2n) is 4.89. The van der Waals surface area contributed by atoms with Gasteiger partial charge >= 0.3 is 6.18 Å². The molecule has 1 heterocycles. The Bertz CT molecular complexity index is 302. The molecular weight excluding hydrogens is 273 g/mol. The van der Waals surface area contributed by atoms with Gasteiger partial charge in [0.25, 0.3) is 0 Å². The average molecular weight is 296 g/mol. The van der Waals surface area contributed by atoms with Crippen LogP contribution in [0.4, 0.5) is 13.2 Å². The minimum Gasteiger partial charge on any atom is -0.380 e. The summed E-state index contributed by atoms with van der Waals surface area (Å²) in [5.74, 6) is -1.47. The van der Waals surface area contributed by atoms with Gasteiger partial charge in [-0.25, -0.2) is 0 Å². The van der Waals surface area contributed by atoms with E-state index < -0.39 is 18.1 Å². The van der Waals surface area contributed by atoms with Crippen LogP contribution in [0, 0.1) is 5.92 Å². The Balaban J connectivity index is 2.44. The third-order valence-electron chi connectivity index (χ3n) is 3.58. The lowest BCUT2D eigenvalue weighted by Gasteiger charge is -2.33. The number of halogens is 3. The maximum Gasteiger partial charge on any atom is 0.393 e. The van der Waals surface area contributed by atoms with E-state index in [4.69, 9.17) is 4.74 Å². The summed E-state index contributed by atoms with van der Waals surface area (Å²) in [5.41, 5.74) is 0. The first-order valence-electron chi connectivity index (χ1n) is 7.06. The molecule has 118 valence electrons. The summed E-state index contributed by atoms with van der Waals surface area (Å²) in [6.45, 7) is 5.59. The first kappa shape index (κ1) is 17.2. The van der Waals surface area contributed by atoms with Crippen molar-refractivity contribution in [1.82, 2.24) is 10.2 Å². The number of piperidine rings is 1. The Morgan fingerprint density at radius 3 is 2.50 bits per heavy atom. The van der Waals surface area contributed by atoms with Crippen molar-refractivity contribution in [3.05, 3.63) is 0 Å². The normalized spacial score (nSPS) is 23.6. The number of rotatable bonds is 6. The topological polar surface area (TPSA) is 41.6 Å². The molecule has 0 aromatic heterocycles. The number of likely N-dealkylation sites (N-methyl/N-ethyl adjacent to an activating group) is 1. The van der Waals surface area contributed by atoms with Crippen LogP contribution in [0.5, 0.6) is 0 Å². The molecule has 1 amide bonds. The Morgan fingerprint density at radius 1 is 1.35 bits per heavy atom. The molecule has 1 saturated heterocycles. The van der Waals surface area contributed by atoms with Gasteiger partial charge in [0.15, 0.2) is 0 Å².